The lowest BCUT2D eigenvalue weighted by Gasteiger charge is -2.27. The van der Waals surface area contributed by atoms with Crippen molar-refractivity contribution in [3.63, 3.8) is 0 Å². The average molecular weight is 366 g/mol. The van der Waals surface area contributed by atoms with Crippen molar-refractivity contribution in [1.29, 1.82) is 0 Å². The van der Waals surface area contributed by atoms with Crippen molar-refractivity contribution in [3.05, 3.63) is 59.4 Å². The number of rotatable bonds is 7. The van der Waals surface area contributed by atoms with Gasteiger partial charge in [0.1, 0.15) is 18.1 Å². The molecule has 1 atom stereocenters. The van der Waals surface area contributed by atoms with Crippen LogP contribution in [0.2, 0.25) is 0 Å². The first-order chi connectivity index (χ1) is 13.3. The molecule has 0 N–H and O–H groups in total. The lowest BCUT2D eigenvalue weighted by molar-refractivity contribution is 0.0727. The lowest BCUT2D eigenvalue weighted by Crippen LogP contribution is -2.34. The van der Waals surface area contributed by atoms with Crippen LogP contribution in [0.15, 0.2) is 48.2 Å². The number of methoxy groups -OCH3 is 1. The second-order valence-corrected chi connectivity index (χ2v) is 7.12. The van der Waals surface area contributed by atoms with Crippen LogP contribution >= 0.6 is 0 Å². The van der Waals surface area contributed by atoms with Crippen molar-refractivity contribution in [3.8, 4) is 11.5 Å². The molecule has 27 heavy (non-hydrogen) atoms. The summed E-state index contributed by atoms with van der Waals surface area (Å²) in [4.78, 5) is 6.91. The molecule has 1 aromatic heterocycles. The number of benzene rings is 1. The van der Waals surface area contributed by atoms with E-state index in [1.807, 2.05) is 30.5 Å². The van der Waals surface area contributed by atoms with E-state index in [4.69, 9.17) is 14.2 Å². The Morgan fingerprint density at radius 1 is 1.22 bits per heavy atom. The van der Waals surface area contributed by atoms with E-state index >= 15 is 0 Å². The Balaban J connectivity index is 1.48. The number of hydrogen-bond donors (Lipinski definition) is 0. The van der Waals surface area contributed by atoms with Crippen LogP contribution < -0.4 is 9.47 Å². The fraction of sp³-hybridized carbons (Fsp3) is 0.409. The van der Waals surface area contributed by atoms with Crippen LogP contribution in [0.5, 0.6) is 11.5 Å². The molecule has 0 unspecified atom stereocenters. The average Bonchev–Trinajstić information content (AvgIpc) is 3.21. The van der Waals surface area contributed by atoms with Gasteiger partial charge in [0.15, 0.2) is 0 Å². The molecule has 1 aromatic carbocycles. The van der Waals surface area contributed by atoms with Gasteiger partial charge in [-0.25, -0.2) is 0 Å². The molecule has 5 heteroatoms. The molecule has 2 aliphatic heterocycles. The molecule has 4 rings (SSSR count). The highest BCUT2D eigenvalue weighted by atomic mass is 16.5. The van der Waals surface area contributed by atoms with Crippen molar-refractivity contribution in [2.24, 2.45) is 0 Å². The van der Waals surface area contributed by atoms with E-state index in [9.17, 15) is 0 Å². The van der Waals surface area contributed by atoms with E-state index in [1.54, 1.807) is 7.11 Å². The number of ether oxygens (including phenoxy) is 3. The van der Waals surface area contributed by atoms with Crippen LogP contribution in [0, 0.1) is 0 Å². The van der Waals surface area contributed by atoms with Crippen molar-refractivity contribution >= 4 is 6.08 Å². The van der Waals surface area contributed by atoms with Gasteiger partial charge in [0, 0.05) is 44.1 Å². The molecule has 1 fully saturated rings. The fourth-order valence-corrected chi connectivity index (χ4v) is 3.68. The maximum atomic E-state index is 5.98. The molecule has 5 nitrogen and oxygen atoms in total. The number of fused-ring (bicyclic) bond motifs is 1. The molecule has 0 bridgehead atoms. The second kappa shape index (κ2) is 8.55. The first-order valence-corrected chi connectivity index (χ1v) is 9.54. The monoisotopic (exact) mass is 366 g/mol. The number of hydrogen-bond acceptors (Lipinski definition) is 5. The Kier molecular flexibility index (Phi) is 5.70. The second-order valence-electron chi connectivity index (χ2n) is 7.12. The first kappa shape index (κ1) is 18.0. The molecule has 0 aliphatic carbocycles. The standard InChI is InChI=1S/C22H26N2O3/c1-25-20-8-7-18-11-17(16-27-22(18)12-20)13-24(15-21-6-4-10-26-21)14-19-5-2-3-9-23-19/h2-3,5,7-9,11-12,21H,4,6,10,13-16H2,1H3/t21-/m0/s1. The van der Waals surface area contributed by atoms with Gasteiger partial charge in [0.05, 0.1) is 18.9 Å². The third kappa shape index (κ3) is 4.67. The van der Waals surface area contributed by atoms with E-state index in [2.05, 4.69) is 28.1 Å². The lowest BCUT2D eigenvalue weighted by atomic mass is 10.1. The van der Waals surface area contributed by atoms with Crippen LogP contribution in [-0.4, -0.2) is 49.4 Å². The molecule has 0 amide bonds. The predicted molar refractivity (Wildman–Crippen MR) is 105 cm³/mol. The quantitative estimate of drug-likeness (QED) is 0.750. The zero-order chi connectivity index (χ0) is 18.5. The molecule has 0 radical (unpaired) electrons. The summed E-state index contributed by atoms with van der Waals surface area (Å²) >= 11 is 0. The zero-order valence-electron chi connectivity index (χ0n) is 15.8. The number of aromatic nitrogens is 1. The zero-order valence-corrected chi connectivity index (χ0v) is 15.8. The molecule has 0 spiro atoms. The summed E-state index contributed by atoms with van der Waals surface area (Å²) in [6, 6.07) is 12.0. The fourth-order valence-electron chi connectivity index (χ4n) is 3.68. The molecular formula is C22H26N2O3. The molecule has 0 saturated carbocycles. The molecule has 1 saturated heterocycles. The highest BCUT2D eigenvalue weighted by Crippen LogP contribution is 2.30. The maximum Gasteiger partial charge on any atom is 0.130 e. The van der Waals surface area contributed by atoms with Crippen LogP contribution in [0.1, 0.15) is 24.1 Å². The normalized spacial score (nSPS) is 18.7. The SMILES string of the molecule is COc1ccc2c(c1)OCC(CN(Cc1ccccn1)C[C@@H]1CCCO1)=C2. The summed E-state index contributed by atoms with van der Waals surface area (Å²) < 4.78 is 17.1. The van der Waals surface area contributed by atoms with Gasteiger partial charge in [-0.3, -0.25) is 9.88 Å². The predicted octanol–water partition coefficient (Wildman–Crippen LogP) is 3.55. The minimum atomic E-state index is 0.315. The Bertz CT molecular complexity index is 785. The Labute approximate surface area is 160 Å². The van der Waals surface area contributed by atoms with Gasteiger partial charge in [-0.15, -0.1) is 0 Å². The third-order valence-corrected chi connectivity index (χ3v) is 5.02. The molecular weight excluding hydrogens is 340 g/mol. The van der Waals surface area contributed by atoms with Crippen molar-refractivity contribution in [2.45, 2.75) is 25.5 Å². The number of pyridine rings is 1. The smallest absolute Gasteiger partial charge is 0.130 e. The summed E-state index contributed by atoms with van der Waals surface area (Å²) in [6.07, 6.45) is 6.70. The minimum absolute atomic E-state index is 0.315. The summed E-state index contributed by atoms with van der Waals surface area (Å²) in [5.74, 6) is 1.70. The molecule has 2 aromatic rings. The van der Waals surface area contributed by atoms with Gasteiger partial charge in [0.2, 0.25) is 0 Å². The molecule has 142 valence electrons. The van der Waals surface area contributed by atoms with E-state index in [0.29, 0.717) is 12.7 Å². The minimum Gasteiger partial charge on any atom is -0.497 e. The summed E-state index contributed by atoms with van der Waals surface area (Å²) in [5.41, 5.74) is 3.45. The molecule has 3 heterocycles. The van der Waals surface area contributed by atoms with Gasteiger partial charge in [0.25, 0.3) is 0 Å². The van der Waals surface area contributed by atoms with E-state index in [1.165, 1.54) is 5.57 Å². The van der Waals surface area contributed by atoms with E-state index < -0.39 is 0 Å². The van der Waals surface area contributed by atoms with Crippen molar-refractivity contribution in [1.82, 2.24) is 9.88 Å². The summed E-state index contributed by atoms with van der Waals surface area (Å²) in [7, 11) is 1.67. The van der Waals surface area contributed by atoms with E-state index in [-0.39, 0.29) is 0 Å². The number of nitrogens with zero attached hydrogens (tertiary/aromatic N) is 2. The van der Waals surface area contributed by atoms with Gasteiger partial charge in [-0.05, 0) is 48.8 Å². The van der Waals surface area contributed by atoms with Gasteiger partial charge >= 0.3 is 0 Å². The summed E-state index contributed by atoms with van der Waals surface area (Å²) in [5, 5.41) is 0. The Morgan fingerprint density at radius 2 is 2.19 bits per heavy atom. The van der Waals surface area contributed by atoms with Crippen LogP contribution in [0.4, 0.5) is 0 Å². The topological polar surface area (TPSA) is 43.8 Å². The molecule has 2 aliphatic rings. The van der Waals surface area contributed by atoms with Crippen molar-refractivity contribution in [2.75, 3.05) is 33.4 Å². The third-order valence-electron chi connectivity index (χ3n) is 5.02. The van der Waals surface area contributed by atoms with Crippen molar-refractivity contribution < 1.29 is 14.2 Å². The highest BCUT2D eigenvalue weighted by Gasteiger charge is 2.22. The van der Waals surface area contributed by atoms with Gasteiger partial charge in [-0.2, -0.15) is 0 Å². The Morgan fingerprint density at radius 3 is 2.96 bits per heavy atom. The van der Waals surface area contributed by atoms with Gasteiger partial charge < -0.3 is 14.2 Å². The maximum absolute atomic E-state index is 5.98. The summed E-state index contributed by atoms with van der Waals surface area (Å²) in [6.45, 7) is 4.06. The van der Waals surface area contributed by atoms with Gasteiger partial charge in [-0.1, -0.05) is 6.07 Å². The van der Waals surface area contributed by atoms with E-state index in [0.717, 1.165) is 61.8 Å². The van der Waals surface area contributed by atoms with Crippen LogP contribution in [0.3, 0.4) is 0 Å². The first-order valence-electron chi connectivity index (χ1n) is 9.54. The van der Waals surface area contributed by atoms with Crippen LogP contribution in [0.25, 0.3) is 6.08 Å². The highest BCUT2D eigenvalue weighted by molar-refractivity contribution is 5.63. The Hall–Kier alpha value is -2.37. The van der Waals surface area contributed by atoms with Crippen LogP contribution in [-0.2, 0) is 11.3 Å². The largest absolute Gasteiger partial charge is 0.497 e.